The number of imidazole rings is 2. The van der Waals surface area contributed by atoms with Gasteiger partial charge in [0.1, 0.15) is 23.4 Å². The molecule has 4 rings (SSSR count). The normalized spacial score (nSPS) is 23.8. The first kappa shape index (κ1) is 15.9. The second-order valence-corrected chi connectivity index (χ2v) is 6.87. The Labute approximate surface area is 145 Å². The van der Waals surface area contributed by atoms with Gasteiger partial charge < -0.3 is 19.8 Å². The quantitative estimate of drug-likeness (QED) is 0.869. The highest BCUT2D eigenvalue weighted by Gasteiger charge is 2.46. The molecule has 8 heteroatoms. The highest BCUT2D eigenvalue weighted by molar-refractivity contribution is 5.92. The van der Waals surface area contributed by atoms with Gasteiger partial charge in [0.05, 0.1) is 12.2 Å². The Hall–Kier alpha value is -2.64. The lowest BCUT2D eigenvalue weighted by molar-refractivity contribution is -0.138. The second-order valence-electron chi connectivity index (χ2n) is 6.87. The number of carbonyl (C=O) groups excluding carboxylic acids is 2. The summed E-state index contributed by atoms with van der Waals surface area (Å²) in [5.74, 6) is 1.46. The van der Waals surface area contributed by atoms with Crippen LogP contribution in [0.4, 0.5) is 0 Å². The van der Waals surface area contributed by atoms with E-state index in [0.29, 0.717) is 24.4 Å². The van der Waals surface area contributed by atoms with Crippen LogP contribution < -0.4 is 5.32 Å². The highest BCUT2D eigenvalue weighted by atomic mass is 16.2. The number of amides is 2. The lowest BCUT2D eigenvalue weighted by atomic mass is 9.94. The van der Waals surface area contributed by atoms with Crippen LogP contribution in [0.25, 0.3) is 0 Å². The van der Waals surface area contributed by atoms with Crippen molar-refractivity contribution in [3.63, 3.8) is 0 Å². The maximum Gasteiger partial charge on any atom is 0.269 e. The van der Waals surface area contributed by atoms with Gasteiger partial charge in [0, 0.05) is 31.9 Å². The Kier molecular flexibility index (Phi) is 3.82. The van der Waals surface area contributed by atoms with Gasteiger partial charge in [-0.15, -0.1) is 0 Å². The number of likely N-dealkylation sites (tertiary alicyclic amines) is 1. The van der Waals surface area contributed by atoms with E-state index >= 15 is 0 Å². The van der Waals surface area contributed by atoms with E-state index in [4.69, 9.17) is 0 Å². The minimum absolute atomic E-state index is 0.151. The van der Waals surface area contributed by atoms with Crippen molar-refractivity contribution in [3.8, 4) is 0 Å². The van der Waals surface area contributed by atoms with Crippen molar-refractivity contribution in [2.45, 2.75) is 50.7 Å². The number of nitrogens with zero attached hydrogens (tertiary/aromatic N) is 4. The molecule has 0 bridgehead atoms. The maximum atomic E-state index is 12.6. The van der Waals surface area contributed by atoms with Crippen molar-refractivity contribution < 1.29 is 9.59 Å². The second kappa shape index (κ2) is 6.02. The number of rotatable bonds is 4. The fraction of sp³-hybridized carbons (Fsp3) is 0.529. The number of aryl methyl sites for hydroxylation is 2. The lowest BCUT2D eigenvalue weighted by Gasteiger charge is -2.41. The molecule has 0 spiro atoms. The third-order valence-corrected chi connectivity index (χ3v) is 4.97. The first-order valence-electron chi connectivity index (χ1n) is 8.65. The summed E-state index contributed by atoms with van der Waals surface area (Å²) < 4.78 is 1.93. The van der Waals surface area contributed by atoms with E-state index in [9.17, 15) is 9.59 Å². The van der Waals surface area contributed by atoms with Gasteiger partial charge in [0.15, 0.2) is 0 Å². The molecule has 1 aliphatic carbocycles. The molecular weight excluding hydrogens is 320 g/mol. The number of aromatic amines is 1. The number of nitrogens with one attached hydrogen (secondary N) is 2. The van der Waals surface area contributed by atoms with Crippen LogP contribution in [-0.2, 0) is 11.8 Å². The monoisotopic (exact) mass is 342 g/mol. The van der Waals surface area contributed by atoms with Crippen LogP contribution in [0.3, 0.4) is 0 Å². The molecule has 2 fully saturated rings. The predicted octanol–water partition coefficient (Wildman–Crippen LogP) is 1.08. The molecule has 0 unspecified atom stereocenters. The fourth-order valence-electron chi connectivity index (χ4n) is 3.60. The highest BCUT2D eigenvalue weighted by Crippen LogP contribution is 2.40. The standard InChI is InChI=1S/C17H22N6O2/c1-10-19-9-13(20-10)17(25)21-12-5-6-14(24)23(11-3-4-11)15(12)16-18-7-8-22(16)2/h7-9,11-12,15H,3-6H2,1-2H3,(H,19,20)(H,21,25)/t12-,15-/m1/s1. The number of H-pyrrole nitrogens is 1. The van der Waals surface area contributed by atoms with Crippen LogP contribution in [0.1, 0.15) is 53.9 Å². The van der Waals surface area contributed by atoms with Gasteiger partial charge >= 0.3 is 0 Å². The molecule has 0 radical (unpaired) electrons. The topological polar surface area (TPSA) is 95.9 Å². The zero-order valence-corrected chi connectivity index (χ0v) is 14.4. The molecule has 1 saturated carbocycles. The van der Waals surface area contributed by atoms with E-state index in [1.54, 1.807) is 6.20 Å². The number of piperidine rings is 1. The molecule has 2 aromatic rings. The molecule has 1 aliphatic heterocycles. The SMILES string of the molecule is Cc1ncc(C(=O)N[C@@H]2CCC(=O)N(C3CC3)[C@H]2c2nccn2C)[nH]1. The molecule has 8 nitrogen and oxygen atoms in total. The van der Waals surface area contributed by atoms with E-state index in [2.05, 4.69) is 20.3 Å². The Bertz CT molecular complexity index is 806. The molecule has 25 heavy (non-hydrogen) atoms. The van der Waals surface area contributed by atoms with Crippen molar-refractivity contribution in [1.82, 2.24) is 29.7 Å². The molecule has 1 saturated heterocycles. The van der Waals surface area contributed by atoms with Crippen LogP contribution in [0.5, 0.6) is 0 Å². The van der Waals surface area contributed by atoms with E-state index in [-0.39, 0.29) is 29.9 Å². The first-order chi connectivity index (χ1) is 12.0. The molecule has 2 atom stereocenters. The van der Waals surface area contributed by atoms with Gasteiger partial charge in [-0.3, -0.25) is 9.59 Å². The molecule has 0 aromatic carbocycles. The number of hydrogen-bond donors (Lipinski definition) is 2. The fourth-order valence-corrected chi connectivity index (χ4v) is 3.60. The summed E-state index contributed by atoms with van der Waals surface area (Å²) in [4.78, 5) is 38.6. The summed E-state index contributed by atoms with van der Waals surface area (Å²) in [6.45, 7) is 1.81. The van der Waals surface area contributed by atoms with Gasteiger partial charge in [-0.05, 0) is 26.2 Å². The third kappa shape index (κ3) is 2.92. The Morgan fingerprint density at radius 3 is 2.72 bits per heavy atom. The summed E-state index contributed by atoms with van der Waals surface area (Å²) >= 11 is 0. The molecule has 132 valence electrons. The zero-order chi connectivity index (χ0) is 17.6. The van der Waals surface area contributed by atoms with Crippen LogP contribution in [0.2, 0.25) is 0 Å². The molecule has 2 amide bonds. The van der Waals surface area contributed by atoms with Crippen LogP contribution in [0, 0.1) is 6.92 Å². The number of carbonyl (C=O) groups is 2. The largest absolute Gasteiger partial charge is 0.345 e. The van der Waals surface area contributed by atoms with Crippen LogP contribution in [-0.4, -0.2) is 48.3 Å². The minimum Gasteiger partial charge on any atom is -0.345 e. The number of aromatic nitrogens is 4. The van der Waals surface area contributed by atoms with E-state index < -0.39 is 0 Å². The van der Waals surface area contributed by atoms with Gasteiger partial charge in [-0.1, -0.05) is 0 Å². The van der Waals surface area contributed by atoms with E-state index in [0.717, 1.165) is 18.7 Å². The van der Waals surface area contributed by atoms with Crippen molar-refractivity contribution in [3.05, 3.63) is 35.9 Å². The minimum atomic E-state index is -0.235. The lowest BCUT2D eigenvalue weighted by Crippen LogP contribution is -2.53. The van der Waals surface area contributed by atoms with Gasteiger partial charge in [-0.2, -0.15) is 0 Å². The summed E-state index contributed by atoms with van der Waals surface area (Å²) in [5, 5.41) is 3.09. The average molecular weight is 342 g/mol. The smallest absolute Gasteiger partial charge is 0.269 e. The summed E-state index contributed by atoms with van der Waals surface area (Å²) in [6.07, 6.45) is 8.24. The molecule has 3 heterocycles. The van der Waals surface area contributed by atoms with Crippen molar-refractivity contribution in [2.75, 3.05) is 0 Å². The maximum absolute atomic E-state index is 12.6. The van der Waals surface area contributed by atoms with Crippen LogP contribution >= 0.6 is 0 Å². The molecular formula is C17H22N6O2. The van der Waals surface area contributed by atoms with Gasteiger partial charge in [-0.25, -0.2) is 9.97 Å². The predicted molar refractivity (Wildman–Crippen MR) is 89.6 cm³/mol. The average Bonchev–Trinajstić information content (AvgIpc) is 3.18. The Balaban J connectivity index is 1.63. The Morgan fingerprint density at radius 2 is 2.12 bits per heavy atom. The molecule has 2 aromatic heterocycles. The Morgan fingerprint density at radius 1 is 1.32 bits per heavy atom. The summed E-state index contributed by atoms with van der Waals surface area (Å²) in [5.41, 5.74) is 0.436. The summed E-state index contributed by atoms with van der Waals surface area (Å²) in [6, 6.07) is -0.138. The van der Waals surface area contributed by atoms with Gasteiger partial charge in [0.25, 0.3) is 5.91 Å². The number of hydrogen-bond acceptors (Lipinski definition) is 4. The van der Waals surface area contributed by atoms with Crippen molar-refractivity contribution in [2.24, 2.45) is 7.05 Å². The van der Waals surface area contributed by atoms with E-state index in [1.807, 2.05) is 29.6 Å². The first-order valence-corrected chi connectivity index (χ1v) is 8.65. The third-order valence-electron chi connectivity index (χ3n) is 4.97. The summed E-state index contributed by atoms with van der Waals surface area (Å²) in [7, 11) is 1.92. The zero-order valence-electron chi connectivity index (χ0n) is 14.4. The van der Waals surface area contributed by atoms with Crippen molar-refractivity contribution >= 4 is 11.8 Å². The molecule has 2 N–H and O–H groups in total. The van der Waals surface area contributed by atoms with Crippen molar-refractivity contribution in [1.29, 1.82) is 0 Å². The van der Waals surface area contributed by atoms with Gasteiger partial charge in [0.2, 0.25) is 5.91 Å². The van der Waals surface area contributed by atoms with Crippen LogP contribution in [0.15, 0.2) is 18.6 Å². The molecule has 2 aliphatic rings. The van der Waals surface area contributed by atoms with E-state index in [1.165, 1.54) is 6.20 Å².